The zero-order valence-corrected chi connectivity index (χ0v) is 16.4. The second-order valence-electron chi connectivity index (χ2n) is 5.71. The van der Waals surface area contributed by atoms with E-state index in [0.29, 0.717) is 33.8 Å². The summed E-state index contributed by atoms with van der Waals surface area (Å²) in [5, 5.41) is 5.52. The van der Waals surface area contributed by atoms with E-state index < -0.39 is 0 Å². The second-order valence-corrected chi connectivity index (χ2v) is 6.57. The van der Waals surface area contributed by atoms with Crippen molar-refractivity contribution in [2.75, 3.05) is 17.2 Å². The third kappa shape index (κ3) is 4.89. The molecule has 7 heteroatoms. The largest absolute Gasteiger partial charge is 0.488 e. The minimum absolute atomic E-state index is 0.207. The fourth-order valence-corrected chi connectivity index (χ4v) is 2.88. The molecule has 0 atom stereocenters. The number of rotatable bonds is 7. The quantitative estimate of drug-likeness (QED) is 0.500. The predicted molar refractivity (Wildman–Crippen MR) is 111 cm³/mol. The Morgan fingerprint density at radius 1 is 1.04 bits per heavy atom. The van der Waals surface area contributed by atoms with E-state index in [0.717, 1.165) is 0 Å². The van der Waals surface area contributed by atoms with E-state index in [9.17, 15) is 9.59 Å². The van der Waals surface area contributed by atoms with Crippen molar-refractivity contribution in [3.8, 4) is 5.75 Å². The van der Waals surface area contributed by atoms with Crippen LogP contribution in [-0.2, 0) is 0 Å². The van der Waals surface area contributed by atoms with E-state index >= 15 is 0 Å². The van der Waals surface area contributed by atoms with Gasteiger partial charge in [0.05, 0.1) is 10.7 Å². The van der Waals surface area contributed by atoms with Gasteiger partial charge in [-0.05, 0) is 64.5 Å². The van der Waals surface area contributed by atoms with Crippen LogP contribution in [0.15, 0.2) is 82.4 Å². The number of carbonyl (C=O) groups is 2. The molecule has 0 aliphatic heterocycles. The molecule has 0 unspecified atom stereocenters. The van der Waals surface area contributed by atoms with Crippen LogP contribution in [0.5, 0.6) is 5.75 Å². The van der Waals surface area contributed by atoms with Gasteiger partial charge in [0, 0.05) is 16.9 Å². The lowest BCUT2D eigenvalue weighted by molar-refractivity contribution is 0.0995. The van der Waals surface area contributed by atoms with Crippen molar-refractivity contribution in [1.82, 2.24) is 0 Å². The zero-order valence-electron chi connectivity index (χ0n) is 14.8. The van der Waals surface area contributed by atoms with Crippen molar-refractivity contribution in [1.29, 1.82) is 0 Å². The SMILES string of the molecule is C=CCOc1ccc(C(=O)Nc2cccc(NC(=O)c3ccco3)c2)cc1Br. The number of nitrogens with one attached hydrogen (secondary N) is 2. The van der Waals surface area contributed by atoms with E-state index in [4.69, 9.17) is 9.15 Å². The Balaban J connectivity index is 1.68. The van der Waals surface area contributed by atoms with Crippen LogP contribution >= 0.6 is 15.9 Å². The minimum Gasteiger partial charge on any atom is -0.488 e. The summed E-state index contributed by atoms with van der Waals surface area (Å²) in [4.78, 5) is 24.6. The molecular weight excluding hydrogens is 424 g/mol. The average Bonchev–Trinajstić information content (AvgIpc) is 3.22. The van der Waals surface area contributed by atoms with E-state index in [1.807, 2.05) is 0 Å². The Bertz CT molecular complexity index is 999. The highest BCUT2D eigenvalue weighted by molar-refractivity contribution is 9.10. The Kier molecular flexibility index (Phi) is 6.29. The molecule has 142 valence electrons. The fraction of sp³-hybridized carbons (Fsp3) is 0.0476. The summed E-state index contributed by atoms with van der Waals surface area (Å²) in [5.74, 6) is 0.176. The Morgan fingerprint density at radius 2 is 1.79 bits per heavy atom. The maximum atomic E-state index is 12.5. The number of halogens is 1. The summed E-state index contributed by atoms with van der Waals surface area (Å²) >= 11 is 3.39. The van der Waals surface area contributed by atoms with Crippen molar-refractivity contribution in [2.24, 2.45) is 0 Å². The molecule has 0 radical (unpaired) electrons. The second kappa shape index (κ2) is 9.05. The van der Waals surface area contributed by atoms with Crippen LogP contribution in [0.2, 0.25) is 0 Å². The molecule has 1 aromatic heterocycles. The maximum absolute atomic E-state index is 12.5. The van der Waals surface area contributed by atoms with Crippen LogP contribution in [-0.4, -0.2) is 18.4 Å². The molecular formula is C21H17BrN2O4. The summed E-state index contributed by atoms with van der Waals surface area (Å²) in [7, 11) is 0. The first-order valence-electron chi connectivity index (χ1n) is 8.36. The van der Waals surface area contributed by atoms with E-state index in [-0.39, 0.29) is 17.6 Å². The lowest BCUT2D eigenvalue weighted by Gasteiger charge is -2.10. The number of ether oxygens (including phenoxy) is 1. The molecule has 0 fully saturated rings. The van der Waals surface area contributed by atoms with Gasteiger partial charge in [-0.25, -0.2) is 0 Å². The van der Waals surface area contributed by atoms with Crippen LogP contribution in [0.25, 0.3) is 0 Å². The van der Waals surface area contributed by atoms with Gasteiger partial charge in [0.2, 0.25) is 0 Å². The Hall–Kier alpha value is -3.32. The molecule has 0 spiro atoms. The summed E-state index contributed by atoms with van der Waals surface area (Å²) in [6.45, 7) is 3.98. The van der Waals surface area contributed by atoms with Gasteiger partial charge >= 0.3 is 0 Å². The third-order valence-corrected chi connectivity index (χ3v) is 4.29. The molecule has 3 aromatic rings. The number of amides is 2. The molecule has 0 saturated carbocycles. The van der Waals surface area contributed by atoms with Crippen molar-refractivity contribution < 1.29 is 18.7 Å². The zero-order chi connectivity index (χ0) is 19.9. The van der Waals surface area contributed by atoms with Crippen LogP contribution in [0.3, 0.4) is 0 Å². The van der Waals surface area contributed by atoms with Gasteiger partial charge in [-0.2, -0.15) is 0 Å². The highest BCUT2D eigenvalue weighted by Gasteiger charge is 2.12. The number of carbonyl (C=O) groups excluding carboxylic acids is 2. The van der Waals surface area contributed by atoms with E-state index in [2.05, 4.69) is 33.1 Å². The molecule has 2 amide bonds. The van der Waals surface area contributed by atoms with Crippen LogP contribution in [0.1, 0.15) is 20.9 Å². The molecule has 0 aliphatic rings. The van der Waals surface area contributed by atoms with Crippen molar-refractivity contribution in [2.45, 2.75) is 0 Å². The van der Waals surface area contributed by atoms with Crippen LogP contribution < -0.4 is 15.4 Å². The van der Waals surface area contributed by atoms with Gasteiger partial charge in [-0.15, -0.1) is 0 Å². The van der Waals surface area contributed by atoms with Gasteiger partial charge in [0.15, 0.2) is 5.76 Å². The molecule has 28 heavy (non-hydrogen) atoms. The molecule has 6 nitrogen and oxygen atoms in total. The van der Waals surface area contributed by atoms with Gasteiger partial charge in [0.25, 0.3) is 11.8 Å². The van der Waals surface area contributed by atoms with Gasteiger partial charge < -0.3 is 19.8 Å². The summed E-state index contributed by atoms with van der Waals surface area (Å²) in [5.41, 5.74) is 1.54. The normalized spacial score (nSPS) is 10.2. The topological polar surface area (TPSA) is 80.6 Å². The van der Waals surface area contributed by atoms with Gasteiger partial charge in [-0.3, -0.25) is 9.59 Å². The smallest absolute Gasteiger partial charge is 0.291 e. The first-order chi connectivity index (χ1) is 13.6. The number of furan rings is 1. The molecule has 0 aliphatic carbocycles. The number of benzene rings is 2. The van der Waals surface area contributed by atoms with Crippen LogP contribution in [0, 0.1) is 0 Å². The minimum atomic E-state index is -0.368. The fourth-order valence-electron chi connectivity index (χ4n) is 2.39. The predicted octanol–water partition coefficient (Wildman–Crippen LogP) is 5.11. The highest BCUT2D eigenvalue weighted by Crippen LogP contribution is 2.26. The van der Waals surface area contributed by atoms with Crippen molar-refractivity contribution >= 4 is 39.1 Å². The van der Waals surface area contributed by atoms with Gasteiger partial charge in [0.1, 0.15) is 12.4 Å². The standard InChI is InChI=1S/C21H17BrN2O4/c1-2-10-27-18-9-8-14(12-17(18)22)20(25)23-15-5-3-6-16(13-15)24-21(26)19-7-4-11-28-19/h2-9,11-13H,1,10H2,(H,23,25)(H,24,26). The van der Waals surface area contributed by atoms with E-state index in [1.54, 1.807) is 60.7 Å². The molecule has 1 heterocycles. The number of anilines is 2. The lowest BCUT2D eigenvalue weighted by Crippen LogP contribution is -2.13. The summed E-state index contributed by atoms with van der Waals surface area (Å²) in [6.07, 6.45) is 3.07. The molecule has 3 rings (SSSR count). The van der Waals surface area contributed by atoms with Gasteiger partial charge in [-0.1, -0.05) is 18.7 Å². The van der Waals surface area contributed by atoms with Crippen molar-refractivity contribution in [3.63, 3.8) is 0 Å². The van der Waals surface area contributed by atoms with Crippen LogP contribution in [0.4, 0.5) is 11.4 Å². The number of hydrogen-bond donors (Lipinski definition) is 2. The molecule has 2 N–H and O–H groups in total. The molecule has 2 aromatic carbocycles. The highest BCUT2D eigenvalue weighted by atomic mass is 79.9. The van der Waals surface area contributed by atoms with Crippen molar-refractivity contribution in [3.05, 3.63) is 89.3 Å². The lowest BCUT2D eigenvalue weighted by atomic mass is 10.2. The first-order valence-corrected chi connectivity index (χ1v) is 9.15. The Morgan fingerprint density at radius 3 is 2.43 bits per heavy atom. The van der Waals surface area contributed by atoms with E-state index in [1.165, 1.54) is 6.26 Å². The monoisotopic (exact) mass is 440 g/mol. The summed E-state index contributed by atoms with van der Waals surface area (Å²) in [6, 6.07) is 15.1. The first kappa shape index (κ1) is 19.4. The molecule has 0 saturated heterocycles. The number of hydrogen-bond acceptors (Lipinski definition) is 4. The molecule has 0 bridgehead atoms. The Labute approximate surface area is 170 Å². The third-order valence-electron chi connectivity index (χ3n) is 3.67. The average molecular weight is 441 g/mol. The maximum Gasteiger partial charge on any atom is 0.291 e. The summed E-state index contributed by atoms with van der Waals surface area (Å²) < 4.78 is 11.2.